The molecule has 0 aliphatic heterocycles. The van der Waals surface area contributed by atoms with Gasteiger partial charge in [-0.15, -0.1) is 11.8 Å². The van der Waals surface area contributed by atoms with Crippen molar-refractivity contribution < 1.29 is 9.53 Å². The maximum Gasteiger partial charge on any atom is 0.194 e. The van der Waals surface area contributed by atoms with Crippen molar-refractivity contribution in [2.24, 2.45) is 0 Å². The van der Waals surface area contributed by atoms with E-state index >= 15 is 0 Å². The summed E-state index contributed by atoms with van der Waals surface area (Å²) in [5.41, 5.74) is 0.559. The minimum absolute atomic E-state index is 0.0331. The molecule has 21 heavy (non-hydrogen) atoms. The van der Waals surface area contributed by atoms with Gasteiger partial charge in [-0.1, -0.05) is 22.9 Å². The van der Waals surface area contributed by atoms with E-state index in [4.69, 9.17) is 4.74 Å². The average Bonchev–Trinajstić information content (AvgIpc) is 2.90. The lowest BCUT2D eigenvalue weighted by Crippen LogP contribution is -2.13. The van der Waals surface area contributed by atoms with Gasteiger partial charge in [0.25, 0.3) is 0 Å². The van der Waals surface area contributed by atoms with Gasteiger partial charge >= 0.3 is 0 Å². The van der Waals surface area contributed by atoms with E-state index in [0.29, 0.717) is 23.7 Å². The number of aryl methyl sites for hydroxylation is 1. The molecule has 0 unspecified atom stereocenters. The van der Waals surface area contributed by atoms with E-state index in [2.05, 4.69) is 28.0 Å². The van der Waals surface area contributed by atoms with E-state index in [1.165, 1.54) is 11.8 Å². The van der Waals surface area contributed by atoms with Crippen LogP contribution in [0.3, 0.4) is 0 Å². The summed E-state index contributed by atoms with van der Waals surface area (Å²) in [6.07, 6.45) is 2.53. The first kappa shape index (κ1) is 16.1. The summed E-state index contributed by atoms with van der Waals surface area (Å²) in [5.74, 6) is 0.948. The highest BCUT2D eigenvalue weighted by atomic mass is 79.9. The number of rotatable bonds is 7. The number of aromatic nitrogens is 2. The van der Waals surface area contributed by atoms with Crippen molar-refractivity contribution in [3.05, 3.63) is 40.6 Å². The van der Waals surface area contributed by atoms with E-state index in [0.717, 1.165) is 15.8 Å². The van der Waals surface area contributed by atoms with Crippen molar-refractivity contribution in [1.29, 1.82) is 0 Å². The molecule has 1 aromatic heterocycles. The highest BCUT2D eigenvalue weighted by molar-refractivity contribution is 9.10. The standard InChI is InChI=1S/C15H17BrN2O2S/c1-3-8-18-15(14(20-2)9-17-18)13(19)10-21-12-6-4-11(16)5-7-12/h4-7,9H,3,8,10H2,1-2H3. The molecule has 0 amide bonds. The summed E-state index contributed by atoms with van der Waals surface area (Å²) >= 11 is 4.91. The van der Waals surface area contributed by atoms with Crippen LogP contribution in [0.4, 0.5) is 0 Å². The molecule has 0 N–H and O–H groups in total. The van der Waals surface area contributed by atoms with Crippen molar-refractivity contribution in [3.8, 4) is 5.75 Å². The predicted molar refractivity (Wildman–Crippen MR) is 88.3 cm³/mol. The SMILES string of the molecule is CCCn1ncc(OC)c1C(=O)CSc1ccc(Br)cc1. The molecule has 6 heteroatoms. The number of ketones is 1. The molecule has 0 atom stereocenters. The van der Waals surface area contributed by atoms with Crippen LogP contribution in [0.25, 0.3) is 0 Å². The molecule has 0 saturated carbocycles. The zero-order chi connectivity index (χ0) is 15.2. The number of carbonyl (C=O) groups excluding carboxylic acids is 1. The van der Waals surface area contributed by atoms with Gasteiger partial charge in [-0.2, -0.15) is 5.10 Å². The largest absolute Gasteiger partial charge is 0.493 e. The van der Waals surface area contributed by atoms with E-state index in [1.54, 1.807) is 18.0 Å². The van der Waals surface area contributed by atoms with Gasteiger partial charge in [0, 0.05) is 15.9 Å². The van der Waals surface area contributed by atoms with Crippen molar-refractivity contribution in [1.82, 2.24) is 9.78 Å². The summed E-state index contributed by atoms with van der Waals surface area (Å²) in [6.45, 7) is 2.77. The van der Waals surface area contributed by atoms with Crippen LogP contribution < -0.4 is 4.74 Å². The number of hydrogen-bond donors (Lipinski definition) is 0. The molecule has 0 spiro atoms. The lowest BCUT2D eigenvalue weighted by molar-refractivity contribution is 0.100. The van der Waals surface area contributed by atoms with Crippen LogP contribution in [0, 0.1) is 0 Å². The Kier molecular flexibility index (Phi) is 5.87. The zero-order valence-electron chi connectivity index (χ0n) is 12.0. The van der Waals surface area contributed by atoms with Crippen molar-refractivity contribution >= 4 is 33.5 Å². The number of Topliss-reactive ketones (excluding diaryl/α,β-unsaturated/α-hetero) is 1. The number of hydrogen-bond acceptors (Lipinski definition) is 4. The summed E-state index contributed by atoms with van der Waals surface area (Å²) in [7, 11) is 1.56. The van der Waals surface area contributed by atoms with E-state index in [-0.39, 0.29) is 5.78 Å². The third-order valence-corrected chi connectivity index (χ3v) is 4.45. The molecular weight excluding hydrogens is 352 g/mol. The molecule has 0 radical (unpaired) electrons. The van der Waals surface area contributed by atoms with Crippen LogP contribution >= 0.6 is 27.7 Å². The van der Waals surface area contributed by atoms with Crippen molar-refractivity contribution in [2.75, 3.05) is 12.9 Å². The van der Waals surface area contributed by atoms with E-state index < -0.39 is 0 Å². The molecule has 2 rings (SSSR count). The Morgan fingerprint density at radius 1 is 1.38 bits per heavy atom. The van der Waals surface area contributed by atoms with Crippen LogP contribution in [0.5, 0.6) is 5.75 Å². The second-order valence-corrected chi connectivity index (χ2v) is 6.41. The summed E-state index contributed by atoms with van der Waals surface area (Å²) in [4.78, 5) is 13.5. The number of methoxy groups -OCH3 is 1. The van der Waals surface area contributed by atoms with Gasteiger partial charge in [0.2, 0.25) is 0 Å². The normalized spacial score (nSPS) is 10.6. The lowest BCUT2D eigenvalue weighted by Gasteiger charge is -2.07. The molecule has 2 aromatic rings. The Morgan fingerprint density at radius 3 is 2.71 bits per heavy atom. The van der Waals surface area contributed by atoms with Crippen LogP contribution in [-0.4, -0.2) is 28.4 Å². The molecule has 0 bridgehead atoms. The molecule has 4 nitrogen and oxygen atoms in total. The summed E-state index contributed by atoms with van der Waals surface area (Å²) < 4.78 is 8.00. The first-order chi connectivity index (χ1) is 10.2. The van der Waals surface area contributed by atoms with Gasteiger partial charge in [0.05, 0.1) is 19.1 Å². The molecule has 112 valence electrons. The van der Waals surface area contributed by atoms with Gasteiger partial charge in [-0.25, -0.2) is 0 Å². The van der Waals surface area contributed by atoms with Crippen molar-refractivity contribution in [3.63, 3.8) is 0 Å². The number of halogens is 1. The van der Waals surface area contributed by atoms with E-state index in [1.807, 2.05) is 24.3 Å². The van der Waals surface area contributed by atoms with Gasteiger partial charge in [-0.3, -0.25) is 9.48 Å². The smallest absolute Gasteiger partial charge is 0.194 e. The number of benzene rings is 1. The number of nitrogens with zero attached hydrogens (tertiary/aromatic N) is 2. The fraction of sp³-hybridized carbons (Fsp3) is 0.333. The molecule has 0 aliphatic carbocycles. The van der Waals surface area contributed by atoms with E-state index in [9.17, 15) is 4.79 Å². The molecule has 1 aromatic carbocycles. The first-order valence-corrected chi connectivity index (χ1v) is 8.45. The number of ether oxygens (including phenoxy) is 1. The highest BCUT2D eigenvalue weighted by Crippen LogP contribution is 2.24. The molecule has 1 heterocycles. The Bertz CT molecular complexity index is 611. The average molecular weight is 369 g/mol. The number of thioether (sulfide) groups is 1. The molecule has 0 aliphatic rings. The van der Waals surface area contributed by atoms with Crippen LogP contribution in [-0.2, 0) is 6.54 Å². The van der Waals surface area contributed by atoms with Crippen LogP contribution in [0.15, 0.2) is 39.8 Å². The minimum atomic E-state index is 0.0331. The van der Waals surface area contributed by atoms with Crippen LogP contribution in [0.2, 0.25) is 0 Å². The molecule has 0 saturated heterocycles. The fourth-order valence-corrected chi connectivity index (χ4v) is 2.96. The summed E-state index contributed by atoms with van der Waals surface area (Å²) in [5, 5.41) is 4.22. The Labute approximate surface area is 137 Å². The zero-order valence-corrected chi connectivity index (χ0v) is 14.4. The number of carbonyl (C=O) groups is 1. The minimum Gasteiger partial charge on any atom is -0.493 e. The Morgan fingerprint density at radius 2 is 2.10 bits per heavy atom. The van der Waals surface area contributed by atoms with Gasteiger partial charge in [0.15, 0.2) is 11.5 Å². The quantitative estimate of drug-likeness (QED) is 0.546. The fourth-order valence-electron chi connectivity index (χ4n) is 1.93. The van der Waals surface area contributed by atoms with Gasteiger partial charge < -0.3 is 4.74 Å². The van der Waals surface area contributed by atoms with Gasteiger partial charge in [0.1, 0.15) is 5.69 Å². The Balaban J connectivity index is 2.09. The van der Waals surface area contributed by atoms with Crippen LogP contribution in [0.1, 0.15) is 23.8 Å². The Hall–Kier alpha value is -1.27. The maximum absolute atomic E-state index is 12.5. The maximum atomic E-state index is 12.5. The molecular formula is C15H17BrN2O2S. The lowest BCUT2D eigenvalue weighted by atomic mass is 10.3. The highest BCUT2D eigenvalue weighted by Gasteiger charge is 2.19. The summed E-state index contributed by atoms with van der Waals surface area (Å²) in [6, 6.07) is 7.91. The first-order valence-electron chi connectivity index (χ1n) is 6.67. The topological polar surface area (TPSA) is 44.1 Å². The third kappa shape index (κ3) is 4.11. The predicted octanol–water partition coefficient (Wildman–Crippen LogP) is 4.04. The van der Waals surface area contributed by atoms with Gasteiger partial charge in [-0.05, 0) is 30.7 Å². The second kappa shape index (κ2) is 7.66. The monoisotopic (exact) mass is 368 g/mol. The van der Waals surface area contributed by atoms with Crippen molar-refractivity contribution in [2.45, 2.75) is 24.8 Å². The second-order valence-electron chi connectivity index (χ2n) is 4.45. The third-order valence-electron chi connectivity index (χ3n) is 2.91. The molecule has 0 fully saturated rings.